The Labute approximate surface area is 122 Å². The number of morpholine rings is 1. The van der Waals surface area contributed by atoms with Crippen molar-refractivity contribution >= 4 is 6.08 Å². The van der Waals surface area contributed by atoms with Crippen LogP contribution < -0.4 is 5.32 Å². The predicted molar refractivity (Wildman–Crippen MR) is 84.8 cm³/mol. The summed E-state index contributed by atoms with van der Waals surface area (Å²) in [4.78, 5) is 2.49. The molecule has 0 saturated carbocycles. The smallest absolute Gasteiger partial charge is 0.0594 e. The predicted octanol–water partition coefficient (Wildman–Crippen LogP) is 2.40. The van der Waals surface area contributed by atoms with Gasteiger partial charge in [0.05, 0.1) is 13.2 Å². The van der Waals surface area contributed by atoms with Crippen LogP contribution in [0.25, 0.3) is 6.08 Å². The van der Waals surface area contributed by atoms with Crippen LogP contribution in [0.15, 0.2) is 35.9 Å². The van der Waals surface area contributed by atoms with E-state index in [-0.39, 0.29) is 0 Å². The summed E-state index contributed by atoms with van der Waals surface area (Å²) >= 11 is 0. The minimum Gasteiger partial charge on any atom is -0.379 e. The summed E-state index contributed by atoms with van der Waals surface area (Å²) in [5.41, 5.74) is 2.64. The van der Waals surface area contributed by atoms with Crippen LogP contribution in [0.5, 0.6) is 0 Å². The Morgan fingerprint density at radius 3 is 2.70 bits per heavy atom. The van der Waals surface area contributed by atoms with Gasteiger partial charge >= 0.3 is 0 Å². The van der Waals surface area contributed by atoms with Gasteiger partial charge in [-0.2, -0.15) is 0 Å². The summed E-state index contributed by atoms with van der Waals surface area (Å²) in [7, 11) is 0. The molecule has 1 unspecified atom stereocenters. The average Bonchev–Trinajstić information content (AvgIpc) is 2.49. The van der Waals surface area contributed by atoms with Gasteiger partial charge in [0, 0.05) is 32.2 Å². The molecule has 0 spiro atoms. The summed E-state index contributed by atoms with van der Waals surface area (Å²) in [6, 6.07) is 11.1. The maximum Gasteiger partial charge on any atom is 0.0594 e. The van der Waals surface area contributed by atoms with Gasteiger partial charge in [0.2, 0.25) is 0 Å². The van der Waals surface area contributed by atoms with E-state index in [9.17, 15) is 0 Å². The standard InChI is InChI=1S/C17H26N2O/c1-15(12-17-6-4-3-5-7-17)13-18-14-16(2)19-8-10-20-11-9-19/h3-7,12,16,18H,8-11,13-14H2,1-2H3/b15-12+. The minimum atomic E-state index is 0.573. The molecule has 0 radical (unpaired) electrons. The first-order valence-corrected chi connectivity index (χ1v) is 7.50. The molecular formula is C17H26N2O. The first-order chi connectivity index (χ1) is 9.75. The molecule has 3 nitrogen and oxygen atoms in total. The van der Waals surface area contributed by atoms with Crippen LogP contribution >= 0.6 is 0 Å². The Morgan fingerprint density at radius 2 is 2.00 bits per heavy atom. The highest BCUT2D eigenvalue weighted by Crippen LogP contribution is 2.06. The van der Waals surface area contributed by atoms with Crippen molar-refractivity contribution < 1.29 is 4.74 Å². The van der Waals surface area contributed by atoms with E-state index in [1.165, 1.54) is 11.1 Å². The number of hydrogen-bond donors (Lipinski definition) is 1. The molecule has 0 amide bonds. The van der Waals surface area contributed by atoms with Crippen LogP contribution in [0.2, 0.25) is 0 Å². The molecule has 1 saturated heterocycles. The largest absolute Gasteiger partial charge is 0.379 e. The molecule has 1 aromatic rings. The van der Waals surface area contributed by atoms with Gasteiger partial charge in [0.1, 0.15) is 0 Å². The number of ether oxygens (including phenoxy) is 1. The van der Waals surface area contributed by atoms with Crippen molar-refractivity contribution in [2.45, 2.75) is 19.9 Å². The Kier molecular flexibility index (Phi) is 6.25. The molecule has 1 N–H and O–H groups in total. The van der Waals surface area contributed by atoms with Gasteiger partial charge in [-0.3, -0.25) is 4.90 Å². The Balaban J connectivity index is 1.71. The zero-order chi connectivity index (χ0) is 14.2. The van der Waals surface area contributed by atoms with Crippen LogP contribution in [0.1, 0.15) is 19.4 Å². The Morgan fingerprint density at radius 1 is 1.30 bits per heavy atom. The minimum absolute atomic E-state index is 0.573. The second-order valence-corrected chi connectivity index (χ2v) is 5.53. The van der Waals surface area contributed by atoms with Gasteiger partial charge < -0.3 is 10.1 Å². The van der Waals surface area contributed by atoms with Gasteiger partial charge in [-0.25, -0.2) is 0 Å². The summed E-state index contributed by atoms with van der Waals surface area (Å²) in [6.07, 6.45) is 2.24. The number of nitrogens with one attached hydrogen (secondary N) is 1. The lowest BCUT2D eigenvalue weighted by Crippen LogP contribution is -2.46. The number of benzene rings is 1. The molecular weight excluding hydrogens is 248 g/mol. The highest BCUT2D eigenvalue weighted by Gasteiger charge is 2.16. The lowest BCUT2D eigenvalue weighted by Gasteiger charge is -2.32. The summed E-state index contributed by atoms with van der Waals surface area (Å²) in [5.74, 6) is 0. The highest BCUT2D eigenvalue weighted by atomic mass is 16.5. The van der Waals surface area contributed by atoms with E-state index in [1.54, 1.807) is 0 Å². The lowest BCUT2D eigenvalue weighted by atomic mass is 10.1. The average molecular weight is 274 g/mol. The van der Waals surface area contributed by atoms with E-state index in [0.29, 0.717) is 6.04 Å². The number of nitrogens with zero attached hydrogens (tertiary/aromatic N) is 1. The Hall–Kier alpha value is -1.16. The second kappa shape index (κ2) is 8.20. The zero-order valence-electron chi connectivity index (χ0n) is 12.6. The van der Waals surface area contributed by atoms with Gasteiger partial charge in [0.25, 0.3) is 0 Å². The summed E-state index contributed by atoms with van der Waals surface area (Å²) < 4.78 is 5.39. The van der Waals surface area contributed by atoms with E-state index in [1.807, 2.05) is 0 Å². The van der Waals surface area contributed by atoms with Crippen molar-refractivity contribution in [1.29, 1.82) is 0 Å². The molecule has 1 heterocycles. The van der Waals surface area contributed by atoms with Crippen molar-refractivity contribution in [3.05, 3.63) is 41.5 Å². The first-order valence-electron chi connectivity index (χ1n) is 7.50. The van der Waals surface area contributed by atoms with E-state index < -0.39 is 0 Å². The van der Waals surface area contributed by atoms with Crippen molar-refractivity contribution in [2.24, 2.45) is 0 Å². The molecule has 1 aromatic carbocycles. The number of rotatable bonds is 6. The molecule has 110 valence electrons. The molecule has 1 aliphatic rings. The normalized spacial score (nSPS) is 19.0. The van der Waals surface area contributed by atoms with Gasteiger partial charge in [-0.15, -0.1) is 0 Å². The Bertz CT molecular complexity index is 410. The van der Waals surface area contributed by atoms with Crippen molar-refractivity contribution in [3.63, 3.8) is 0 Å². The monoisotopic (exact) mass is 274 g/mol. The van der Waals surface area contributed by atoms with Crippen LogP contribution in [0.3, 0.4) is 0 Å². The summed E-state index contributed by atoms with van der Waals surface area (Å²) in [5, 5.41) is 3.55. The quantitative estimate of drug-likeness (QED) is 0.862. The SMILES string of the molecule is C/C(=C\c1ccccc1)CNCC(C)N1CCOCC1. The van der Waals surface area contributed by atoms with Gasteiger partial charge in [-0.05, 0) is 19.4 Å². The molecule has 0 aromatic heterocycles. The van der Waals surface area contributed by atoms with Crippen LogP contribution in [0, 0.1) is 0 Å². The molecule has 2 rings (SSSR count). The van der Waals surface area contributed by atoms with E-state index >= 15 is 0 Å². The molecule has 3 heteroatoms. The van der Waals surface area contributed by atoms with Gasteiger partial charge in [-0.1, -0.05) is 42.0 Å². The third kappa shape index (κ3) is 5.08. The number of hydrogen-bond acceptors (Lipinski definition) is 3. The van der Waals surface area contributed by atoms with Gasteiger partial charge in [0.15, 0.2) is 0 Å². The maximum absolute atomic E-state index is 5.39. The van der Waals surface area contributed by atoms with Crippen molar-refractivity contribution in [1.82, 2.24) is 10.2 Å². The fraction of sp³-hybridized carbons (Fsp3) is 0.529. The third-order valence-electron chi connectivity index (χ3n) is 3.73. The molecule has 0 bridgehead atoms. The van der Waals surface area contributed by atoms with E-state index in [2.05, 4.69) is 60.5 Å². The fourth-order valence-corrected chi connectivity index (χ4v) is 2.51. The van der Waals surface area contributed by atoms with E-state index in [0.717, 1.165) is 39.4 Å². The molecule has 20 heavy (non-hydrogen) atoms. The lowest BCUT2D eigenvalue weighted by molar-refractivity contribution is 0.0205. The van der Waals surface area contributed by atoms with Crippen LogP contribution in [-0.2, 0) is 4.74 Å². The van der Waals surface area contributed by atoms with Crippen LogP contribution in [-0.4, -0.2) is 50.3 Å². The fourth-order valence-electron chi connectivity index (χ4n) is 2.51. The third-order valence-corrected chi connectivity index (χ3v) is 3.73. The van der Waals surface area contributed by atoms with Crippen LogP contribution in [0.4, 0.5) is 0 Å². The zero-order valence-corrected chi connectivity index (χ0v) is 12.6. The molecule has 0 aliphatic carbocycles. The first kappa shape index (κ1) is 15.2. The van der Waals surface area contributed by atoms with Crippen molar-refractivity contribution in [3.8, 4) is 0 Å². The molecule has 1 atom stereocenters. The van der Waals surface area contributed by atoms with Crippen molar-refractivity contribution in [2.75, 3.05) is 39.4 Å². The summed E-state index contributed by atoms with van der Waals surface area (Å²) in [6.45, 7) is 10.3. The highest BCUT2D eigenvalue weighted by molar-refractivity contribution is 5.52. The topological polar surface area (TPSA) is 24.5 Å². The molecule has 1 fully saturated rings. The molecule has 1 aliphatic heterocycles. The maximum atomic E-state index is 5.39. The second-order valence-electron chi connectivity index (χ2n) is 5.53. The van der Waals surface area contributed by atoms with E-state index in [4.69, 9.17) is 4.74 Å².